The van der Waals surface area contributed by atoms with Crippen LogP contribution in [0.5, 0.6) is 0 Å². The number of hydrogen-bond acceptors (Lipinski definition) is 19. The first-order chi connectivity index (χ1) is 55.3. The number of nitrogens with one attached hydrogen (secondary N) is 9. The molecule has 3 fully saturated rings. The maximum absolute atomic E-state index is 13.0. The predicted molar refractivity (Wildman–Crippen MR) is 477 cm³/mol. The molecule has 0 aromatic heterocycles. The van der Waals surface area contributed by atoms with E-state index in [1.807, 2.05) is 69.3 Å². The van der Waals surface area contributed by atoms with Crippen LogP contribution >= 0.6 is 12.4 Å². The first kappa shape index (κ1) is 107. The molecule has 3 aliphatic rings. The summed E-state index contributed by atoms with van der Waals surface area (Å²) in [5.41, 5.74) is 29.5. The van der Waals surface area contributed by atoms with Crippen LogP contribution in [0.25, 0.3) is 0 Å². The van der Waals surface area contributed by atoms with Crippen LogP contribution in [0.3, 0.4) is 0 Å². The third-order valence-electron chi connectivity index (χ3n) is 17.2. The number of rotatable bonds is 23. The summed E-state index contributed by atoms with van der Waals surface area (Å²) in [6.45, 7) is 22.6. The van der Waals surface area contributed by atoms with E-state index in [0.717, 1.165) is 53.7 Å². The number of nitrogens with zero attached hydrogens (tertiary/aromatic N) is 3. The highest BCUT2D eigenvalue weighted by Crippen LogP contribution is 2.30. The quantitative estimate of drug-likeness (QED) is 0.00708. The Labute approximate surface area is 726 Å². The SMILES string of the molecule is C.C.C.C.CC(C)(N)C(NC(=O)c1ccc(C#CC#Cc2ccc(CNC3CC3)cc2)cc1)C(=O)NO.COC(=O)C(NC(=O)c1ccc(C#CC#Cc2ccc(CN(C(=O)OC(C)(C)C)C3CC3)cc2)cc1)C(C)(C)NC(=O)OC(C)(C)C.COC(=O)C(NC(=O)c1ccc(C#CC#Cc2ccc(CNC3CC3)cc2)cc1)C(C)(C)N.Cl.N=NN=N. The van der Waals surface area contributed by atoms with Gasteiger partial charge in [0.05, 0.1) is 19.8 Å². The summed E-state index contributed by atoms with van der Waals surface area (Å²) >= 11 is 0. The molecule has 3 atom stereocenters. The summed E-state index contributed by atoms with van der Waals surface area (Å²) in [5.74, 6) is 31.4. The number of nitrogens with two attached hydrogens (primary N) is 2. The predicted octanol–water partition coefficient (Wildman–Crippen LogP) is 13.5. The van der Waals surface area contributed by atoms with Crippen molar-refractivity contribution in [3.63, 3.8) is 0 Å². The van der Waals surface area contributed by atoms with Gasteiger partial charge < -0.3 is 67.2 Å². The molecule has 9 rings (SSSR count). The van der Waals surface area contributed by atoms with Crippen molar-refractivity contribution in [1.82, 2.24) is 42.3 Å². The Morgan fingerprint density at radius 3 is 1.00 bits per heavy atom. The van der Waals surface area contributed by atoms with Crippen LogP contribution in [-0.4, -0.2) is 136 Å². The van der Waals surface area contributed by atoms with Gasteiger partial charge in [-0.15, -0.1) is 12.4 Å². The third-order valence-corrected chi connectivity index (χ3v) is 17.2. The van der Waals surface area contributed by atoms with Gasteiger partial charge in [0, 0.05) is 98.9 Å². The van der Waals surface area contributed by atoms with Crippen molar-refractivity contribution in [1.29, 1.82) is 11.1 Å². The lowest BCUT2D eigenvalue weighted by Crippen LogP contribution is -2.62. The van der Waals surface area contributed by atoms with Gasteiger partial charge in [0.1, 0.15) is 29.3 Å². The van der Waals surface area contributed by atoms with E-state index >= 15 is 0 Å². The molecule has 27 nitrogen and oxygen atoms in total. The Hall–Kier alpha value is -12.7. The van der Waals surface area contributed by atoms with Crippen LogP contribution in [0.2, 0.25) is 0 Å². The number of hydrogen-bond donors (Lipinski definition) is 12. The summed E-state index contributed by atoms with van der Waals surface area (Å²) < 4.78 is 20.5. The molecule has 6 amide bonds. The van der Waals surface area contributed by atoms with Gasteiger partial charge in [0.25, 0.3) is 23.6 Å². The smallest absolute Gasteiger partial charge is 0.410 e. The molecule has 3 unspecified atom stereocenters. The maximum atomic E-state index is 13.0. The Morgan fingerprint density at radius 2 is 0.730 bits per heavy atom. The summed E-state index contributed by atoms with van der Waals surface area (Å²) in [6.07, 6.45) is 6.05. The first-order valence-electron chi connectivity index (χ1n) is 37.7. The minimum atomic E-state index is -1.23. The molecule has 0 bridgehead atoms. The molecule has 0 spiro atoms. The Morgan fingerprint density at radius 1 is 0.443 bits per heavy atom. The summed E-state index contributed by atoms with van der Waals surface area (Å²) in [4.78, 5) is 101. The number of amides is 6. The fourth-order valence-electron chi connectivity index (χ4n) is 10.4. The average molecular weight is 1690 g/mol. The van der Waals surface area contributed by atoms with Crippen LogP contribution in [-0.2, 0) is 53.0 Å². The van der Waals surface area contributed by atoms with Crippen LogP contribution in [0.4, 0.5) is 9.59 Å². The van der Waals surface area contributed by atoms with Gasteiger partial charge in [-0.25, -0.2) is 24.7 Å². The van der Waals surface area contributed by atoms with Crippen LogP contribution in [0.15, 0.2) is 156 Å². The Balaban J connectivity index is 0.000000894. The lowest BCUT2D eigenvalue weighted by Gasteiger charge is -2.34. The van der Waals surface area contributed by atoms with Crippen molar-refractivity contribution >= 4 is 60.2 Å². The molecular weight excluding hydrogens is 1570 g/mol. The number of methoxy groups -OCH3 is 2. The van der Waals surface area contributed by atoms with Crippen LogP contribution < -0.4 is 48.8 Å². The Bertz CT molecular complexity index is 4680. The number of alkyl carbamates (subject to hydrolysis) is 1. The van der Waals surface area contributed by atoms with E-state index in [-0.39, 0.29) is 59.8 Å². The molecule has 0 heterocycles. The van der Waals surface area contributed by atoms with Gasteiger partial charge in [-0.1, -0.05) is 102 Å². The standard InChI is InChI=1S/C37H45N3O7.C27H29N3O3.C26H28N4O3.4CH4.ClH.H2N4/c1-35(2,3)46-33(43)39-37(7,8)30(32(42)45-9)38-31(41)28-20-18-26(19-21-28)13-11-10-12-25-14-16-27(17-15-25)24-40(29-22-23-29)34(44)47-36(4,5)6;1-27(2,28)24(26(32)33-3)30-25(31)22-14-12-20(13-15-22)7-5-4-6-19-8-10-21(11-9-19)18-29-23-16-17-23;1-26(2,27)23(25(32)30-33)29-24(31)21-13-11-19(12-14-21)6-4-3-5-18-7-9-20(10-8-18)17-28-22-15-16-22;;;;;;1-3-4-2/h14-21,29-30H,22-24H2,1-9H3,(H,38,41)(H,39,43);8-15,23-24,29H,16-18,28H2,1-3H3,(H,30,31);7-14,22-23,28,33H,15-17,27H2,1-2H3,(H,29,31)(H,30,32);4*1H4;1H;1-2H. The molecule has 6 aromatic rings. The van der Waals surface area contributed by atoms with E-state index in [1.54, 1.807) is 140 Å². The highest BCUT2D eigenvalue weighted by molar-refractivity contribution is 5.99. The number of halogens is 1. The molecule has 28 heteroatoms. The zero-order valence-corrected chi connectivity index (χ0v) is 69.8. The van der Waals surface area contributed by atoms with Crippen molar-refractivity contribution in [3.05, 3.63) is 212 Å². The average Bonchev–Trinajstić information content (AvgIpc) is 1.44. The van der Waals surface area contributed by atoms with Gasteiger partial charge in [0.15, 0.2) is 0 Å². The number of benzene rings is 6. The molecule has 6 aromatic carbocycles. The fraction of sp³-hybridized carbons (Fsp3) is 0.404. The third kappa shape index (κ3) is 39.5. The lowest BCUT2D eigenvalue weighted by molar-refractivity contribution is -0.145. The zero-order chi connectivity index (χ0) is 86.1. The molecule has 652 valence electrons. The highest BCUT2D eigenvalue weighted by atomic mass is 35.5. The highest BCUT2D eigenvalue weighted by Gasteiger charge is 2.41. The minimum absolute atomic E-state index is 0. The molecule has 0 aliphatic heterocycles. The number of ether oxygens (including phenoxy) is 4. The van der Waals surface area contributed by atoms with Gasteiger partial charge in [-0.3, -0.25) is 24.4 Å². The van der Waals surface area contributed by atoms with E-state index in [0.29, 0.717) is 40.9 Å². The van der Waals surface area contributed by atoms with E-state index in [2.05, 4.69) is 138 Å². The van der Waals surface area contributed by atoms with Crippen molar-refractivity contribution in [2.24, 2.45) is 21.9 Å². The normalized spacial score (nSPS) is 12.7. The van der Waals surface area contributed by atoms with Gasteiger partial charge in [-0.2, -0.15) is 11.1 Å². The molecule has 0 saturated heterocycles. The van der Waals surface area contributed by atoms with Gasteiger partial charge >= 0.3 is 24.1 Å². The van der Waals surface area contributed by atoms with Crippen LogP contribution in [0.1, 0.15) is 232 Å². The molecule has 3 saturated carbocycles. The minimum Gasteiger partial charge on any atom is -0.467 e. The topological polar surface area (TPSA) is 406 Å². The van der Waals surface area contributed by atoms with Crippen LogP contribution in [0, 0.1) is 82.1 Å². The van der Waals surface area contributed by atoms with Crippen molar-refractivity contribution < 1.29 is 62.5 Å². The van der Waals surface area contributed by atoms with Gasteiger partial charge in [0.2, 0.25) is 0 Å². The van der Waals surface area contributed by atoms with Gasteiger partial charge in [-0.05, 0) is 293 Å². The molecule has 0 radical (unpaired) electrons. The second kappa shape index (κ2) is 51.1. The Kier molecular flexibility index (Phi) is 44.9. The number of carbonyl (C=O) groups excluding carboxylic acids is 8. The molecule has 14 N–H and O–H groups in total. The number of hydroxylamine groups is 1. The summed E-state index contributed by atoms with van der Waals surface area (Å²) in [7, 11) is 2.46. The summed E-state index contributed by atoms with van der Waals surface area (Å²) in [5, 5.41) is 30.9. The fourth-order valence-corrected chi connectivity index (χ4v) is 10.4. The van der Waals surface area contributed by atoms with E-state index < -0.39 is 87.6 Å². The maximum Gasteiger partial charge on any atom is 0.410 e. The van der Waals surface area contributed by atoms with Crippen molar-refractivity contribution in [2.45, 2.75) is 235 Å². The zero-order valence-electron chi connectivity index (χ0n) is 68.9. The van der Waals surface area contributed by atoms with Crippen molar-refractivity contribution in [2.75, 3.05) is 14.2 Å². The number of esters is 2. The first-order valence-corrected chi connectivity index (χ1v) is 37.7. The lowest BCUT2D eigenvalue weighted by atomic mass is 9.94. The van der Waals surface area contributed by atoms with E-state index in [1.165, 1.54) is 56.5 Å². The van der Waals surface area contributed by atoms with E-state index in [9.17, 15) is 38.4 Å². The number of carbonyl (C=O) groups is 8. The second-order valence-electron chi connectivity index (χ2n) is 31.4. The largest absolute Gasteiger partial charge is 0.467 e. The second-order valence-corrected chi connectivity index (χ2v) is 31.4. The summed E-state index contributed by atoms with van der Waals surface area (Å²) in [6, 6.07) is 42.1. The van der Waals surface area contributed by atoms with E-state index in [4.69, 9.17) is 46.7 Å². The molecule has 122 heavy (non-hydrogen) atoms. The monoisotopic (exact) mass is 1690 g/mol. The molecular formula is C94H121ClN14O13. The molecule has 3 aliphatic carbocycles. The van der Waals surface area contributed by atoms with Crippen molar-refractivity contribution in [3.8, 4) is 71.0 Å².